The fraction of sp³-hybridized carbons (Fsp3) is 0.417. The molecule has 1 saturated heterocycles. The zero-order valence-corrected chi connectivity index (χ0v) is 13.9. The van der Waals surface area contributed by atoms with Crippen molar-refractivity contribution in [2.24, 2.45) is 0 Å². The number of carbonyl (C=O) groups is 1. The molecule has 1 atom stereocenters. The second-order valence-corrected chi connectivity index (χ2v) is 7.98. The van der Waals surface area contributed by atoms with Gasteiger partial charge in [-0.15, -0.1) is 0 Å². The van der Waals surface area contributed by atoms with Gasteiger partial charge >= 0.3 is 0 Å². The predicted octanol–water partition coefficient (Wildman–Crippen LogP) is 2.42. The summed E-state index contributed by atoms with van der Waals surface area (Å²) >= 11 is 3.04. The van der Waals surface area contributed by atoms with Crippen molar-refractivity contribution in [3.8, 4) is 0 Å². The van der Waals surface area contributed by atoms with Crippen molar-refractivity contribution in [1.29, 1.82) is 0 Å². The van der Waals surface area contributed by atoms with Gasteiger partial charge in [-0.3, -0.25) is 4.79 Å². The summed E-state index contributed by atoms with van der Waals surface area (Å²) < 4.78 is 41.6. The number of ether oxygens (including phenoxy) is 1. The molecule has 1 aliphatic rings. The second kappa shape index (κ2) is 6.60. The van der Waals surface area contributed by atoms with Gasteiger partial charge < -0.3 is 10.1 Å². The van der Waals surface area contributed by atoms with Gasteiger partial charge in [0.2, 0.25) is 0 Å². The SMILES string of the molecule is O=C(NC1CCCOC1)c1cc(S(=O)(=O)Cl)c(F)cc1Br. The lowest BCUT2D eigenvalue weighted by molar-refractivity contribution is 0.0623. The molecular formula is C12H12BrClFNO4S. The summed E-state index contributed by atoms with van der Waals surface area (Å²) in [6.45, 7) is 1.05. The Bertz CT molecular complexity index is 661. The van der Waals surface area contributed by atoms with E-state index in [9.17, 15) is 17.6 Å². The molecule has 21 heavy (non-hydrogen) atoms. The molecule has 2 rings (SSSR count). The minimum Gasteiger partial charge on any atom is -0.379 e. The van der Waals surface area contributed by atoms with Gasteiger partial charge in [-0.2, -0.15) is 0 Å². The Balaban J connectivity index is 2.28. The van der Waals surface area contributed by atoms with Gasteiger partial charge in [0.1, 0.15) is 10.7 Å². The van der Waals surface area contributed by atoms with Crippen molar-refractivity contribution in [2.45, 2.75) is 23.8 Å². The van der Waals surface area contributed by atoms with Crippen molar-refractivity contribution in [3.05, 3.63) is 28.0 Å². The number of nitrogens with one attached hydrogen (secondary N) is 1. The van der Waals surface area contributed by atoms with Crippen molar-refractivity contribution in [1.82, 2.24) is 5.32 Å². The van der Waals surface area contributed by atoms with Crippen LogP contribution in [0, 0.1) is 5.82 Å². The Hall–Kier alpha value is -0.700. The summed E-state index contributed by atoms with van der Waals surface area (Å²) in [5.74, 6) is -1.53. The average molecular weight is 401 g/mol. The summed E-state index contributed by atoms with van der Waals surface area (Å²) in [7, 11) is 0.882. The third kappa shape index (κ3) is 4.15. The quantitative estimate of drug-likeness (QED) is 0.791. The standard InChI is InChI=1S/C12H12BrClFNO4S/c13-9-5-10(15)11(21(14,18)19)4-8(9)12(17)16-7-2-1-3-20-6-7/h4-5,7H,1-3,6H2,(H,16,17). The number of amides is 1. The van der Waals surface area contributed by atoms with Gasteiger partial charge in [-0.1, -0.05) is 0 Å². The van der Waals surface area contributed by atoms with Gasteiger partial charge in [0.05, 0.1) is 18.2 Å². The molecule has 0 aromatic heterocycles. The van der Waals surface area contributed by atoms with E-state index in [-0.39, 0.29) is 16.1 Å². The lowest BCUT2D eigenvalue weighted by Crippen LogP contribution is -2.40. The number of halogens is 3. The van der Waals surface area contributed by atoms with Crippen molar-refractivity contribution in [2.75, 3.05) is 13.2 Å². The van der Waals surface area contributed by atoms with Crippen molar-refractivity contribution in [3.63, 3.8) is 0 Å². The van der Waals surface area contributed by atoms with Crippen molar-refractivity contribution >= 4 is 41.6 Å². The van der Waals surface area contributed by atoms with Crippen LogP contribution in [0.4, 0.5) is 4.39 Å². The van der Waals surface area contributed by atoms with Crippen LogP contribution in [0.15, 0.2) is 21.5 Å². The highest BCUT2D eigenvalue weighted by molar-refractivity contribution is 9.10. The first-order valence-electron chi connectivity index (χ1n) is 6.11. The number of hydrogen-bond acceptors (Lipinski definition) is 4. The van der Waals surface area contributed by atoms with Crippen LogP contribution in [-0.4, -0.2) is 33.6 Å². The molecule has 9 heteroatoms. The topological polar surface area (TPSA) is 72.5 Å². The molecule has 0 radical (unpaired) electrons. The van der Waals surface area contributed by atoms with Gasteiger partial charge in [-0.25, -0.2) is 12.8 Å². The number of rotatable bonds is 3. The third-order valence-electron chi connectivity index (χ3n) is 3.02. The van der Waals surface area contributed by atoms with Crippen LogP contribution >= 0.6 is 26.6 Å². The smallest absolute Gasteiger partial charge is 0.264 e. The minimum absolute atomic E-state index is 0.00111. The fourth-order valence-corrected chi connectivity index (χ4v) is 3.41. The molecule has 1 N–H and O–H groups in total. The van der Waals surface area contributed by atoms with Crippen LogP contribution in [0.3, 0.4) is 0 Å². The van der Waals surface area contributed by atoms with Crippen LogP contribution in [0.2, 0.25) is 0 Å². The highest BCUT2D eigenvalue weighted by Gasteiger charge is 2.23. The maximum Gasteiger partial charge on any atom is 0.264 e. The molecule has 0 saturated carbocycles. The molecule has 5 nitrogen and oxygen atoms in total. The highest BCUT2D eigenvalue weighted by atomic mass is 79.9. The Morgan fingerprint density at radius 2 is 2.19 bits per heavy atom. The predicted molar refractivity (Wildman–Crippen MR) is 78.4 cm³/mol. The lowest BCUT2D eigenvalue weighted by Gasteiger charge is -2.23. The molecule has 1 amide bonds. The van der Waals surface area contributed by atoms with E-state index in [0.29, 0.717) is 13.2 Å². The summed E-state index contributed by atoms with van der Waals surface area (Å²) in [4.78, 5) is 11.4. The largest absolute Gasteiger partial charge is 0.379 e. The Labute approximate surface area is 134 Å². The zero-order chi connectivity index (χ0) is 15.6. The fourth-order valence-electron chi connectivity index (χ4n) is 2.01. The van der Waals surface area contributed by atoms with E-state index in [0.717, 1.165) is 25.0 Å². The minimum atomic E-state index is -4.27. The Morgan fingerprint density at radius 3 is 2.76 bits per heavy atom. The van der Waals surface area contributed by atoms with E-state index in [1.165, 1.54) is 0 Å². The van der Waals surface area contributed by atoms with E-state index in [1.807, 2.05) is 0 Å². The summed E-state index contributed by atoms with van der Waals surface area (Å²) in [6.07, 6.45) is 1.60. The van der Waals surface area contributed by atoms with E-state index >= 15 is 0 Å². The summed E-state index contributed by atoms with van der Waals surface area (Å²) in [5.41, 5.74) is 0.00111. The lowest BCUT2D eigenvalue weighted by atomic mass is 10.1. The molecule has 1 aromatic rings. The van der Waals surface area contributed by atoms with Crippen LogP contribution in [0.1, 0.15) is 23.2 Å². The number of carbonyl (C=O) groups excluding carboxylic acids is 1. The Kier molecular flexibility index (Phi) is 5.24. The van der Waals surface area contributed by atoms with Gasteiger partial charge in [0.15, 0.2) is 0 Å². The van der Waals surface area contributed by atoms with E-state index in [2.05, 4.69) is 21.2 Å². The zero-order valence-electron chi connectivity index (χ0n) is 10.7. The Morgan fingerprint density at radius 1 is 1.48 bits per heavy atom. The maximum atomic E-state index is 13.6. The van der Waals surface area contributed by atoms with Gasteiger partial charge in [0.25, 0.3) is 15.0 Å². The monoisotopic (exact) mass is 399 g/mol. The third-order valence-corrected chi connectivity index (χ3v) is 5.02. The first kappa shape index (κ1) is 16.7. The maximum absolute atomic E-state index is 13.6. The van der Waals surface area contributed by atoms with Crippen molar-refractivity contribution < 1.29 is 22.3 Å². The number of benzene rings is 1. The molecule has 0 aliphatic carbocycles. The second-order valence-electron chi connectivity index (χ2n) is 4.59. The van der Waals surface area contributed by atoms with E-state index < -0.39 is 25.7 Å². The van der Waals surface area contributed by atoms with Crippen LogP contribution in [-0.2, 0) is 13.8 Å². The van der Waals surface area contributed by atoms with E-state index in [1.54, 1.807) is 0 Å². The molecule has 1 fully saturated rings. The summed E-state index contributed by atoms with van der Waals surface area (Å²) in [5, 5.41) is 2.72. The average Bonchev–Trinajstić information content (AvgIpc) is 2.38. The number of hydrogen-bond donors (Lipinski definition) is 1. The molecule has 1 unspecified atom stereocenters. The van der Waals surface area contributed by atoms with Gasteiger partial charge in [0, 0.05) is 21.8 Å². The molecular weight excluding hydrogens is 389 g/mol. The van der Waals surface area contributed by atoms with Gasteiger partial charge in [-0.05, 0) is 40.9 Å². The molecule has 1 aliphatic heterocycles. The highest BCUT2D eigenvalue weighted by Crippen LogP contribution is 2.26. The molecule has 1 aromatic carbocycles. The first-order chi connectivity index (χ1) is 9.79. The molecule has 0 spiro atoms. The molecule has 0 bridgehead atoms. The summed E-state index contributed by atoms with van der Waals surface area (Å²) in [6, 6.07) is 1.67. The van der Waals surface area contributed by atoms with Crippen LogP contribution in [0.5, 0.6) is 0 Å². The normalized spacial score (nSPS) is 19.3. The van der Waals surface area contributed by atoms with Crippen LogP contribution < -0.4 is 5.32 Å². The van der Waals surface area contributed by atoms with E-state index in [4.69, 9.17) is 15.4 Å². The molecule has 1 heterocycles. The molecule has 116 valence electrons. The van der Waals surface area contributed by atoms with Crippen LogP contribution in [0.25, 0.3) is 0 Å². The first-order valence-corrected chi connectivity index (χ1v) is 9.21.